The van der Waals surface area contributed by atoms with E-state index in [1.807, 2.05) is 30.3 Å². The van der Waals surface area contributed by atoms with E-state index in [2.05, 4.69) is 10.6 Å². The lowest BCUT2D eigenvalue weighted by Crippen LogP contribution is -2.48. The summed E-state index contributed by atoms with van der Waals surface area (Å²) in [7, 11) is 0. The first-order chi connectivity index (χ1) is 11.0. The molecule has 0 bridgehead atoms. The van der Waals surface area contributed by atoms with Gasteiger partial charge < -0.3 is 15.1 Å². The minimum Gasteiger partial charge on any atom is -0.467 e. The third-order valence-corrected chi connectivity index (χ3v) is 3.68. The molecule has 0 radical (unpaired) electrons. The minimum absolute atomic E-state index is 0.270. The highest BCUT2D eigenvalue weighted by atomic mass is 16.3. The van der Waals surface area contributed by atoms with Gasteiger partial charge in [-0.15, -0.1) is 0 Å². The van der Waals surface area contributed by atoms with E-state index in [9.17, 15) is 9.59 Å². The SMILES string of the molecule is CC(C)(C(=O)NCCc1ccccc1)C(=O)NCc1ccco1. The molecule has 0 unspecified atom stereocenters. The van der Waals surface area contributed by atoms with Gasteiger partial charge in [-0.25, -0.2) is 0 Å². The molecule has 1 heterocycles. The maximum absolute atomic E-state index is 12.3. The van der Waals surface area contributed by atoms with Crippen LogP contribution in [0.2, 0.25) is 0 Å². The molecule has 5 nitrogen and oxygen atoms in total. The third-order valence-electron chi connectivity index (χ3n) is 3.68. The average Bonchev–Trinajstić information content (AvgIpc) is 3.06. The van der Waals surface area contributed by atoms with E-state index in [1.165, 1.54) is 0 Å². The molecule has 2 aromatic rings. The van der Waals surface area contributed by atoms with Crippen molar-refractivity contribution in [2.45, 2.75) is 26.8 Å². The molecule has 0 aliphatic rings. The maximum Gasteiger partial charge on any atom is 0.235 e. The molecule has 0 saturated carbocycles. The summed E-state index contributed by atoms with van der Waals surface area (Å²) in [5.74, 6) is 0.0372. The Bertz CT molecular complexity index is 634. The van der Waals surface area contributed by atoms with Crippen molar-refractivity contribution in [2.24, 2.45) is 5.41 Å². The average molecular weight is 314 g/mol. The van der Waals surface area contributed by atoms with Crippen LogP contribution < -0.4 is 10.6 Å². The smallest absolute Gasteiger partial charge is 0.235 e. The molecule has 1 aromatic carbocycles. The highest BCUT2D eigenvalue weighted by Gasteiger charge is 2.35. The van der Waals surface area contributed by atoms with Gasteiger partial charge in [0, 0.05) is 6.54 Å². The van der Waals surface area contributed by atoms with Gasteiger partial charge in [0.1, 0.15) is 11.2 Å². The number of nitrogens with one attached hydrogen (secondary N) is 2. The molecule has 23 heavy (non-hydrogen) atoms. The van der Waals surface area contributed by atoms with Crippen LogP contribution in [0.5, 0.6) is 0 Å². The zero-order valence-electron chi connectivity index (χ0n) is 13.5. The summed E-state index contributed by atoms with van der Waals surface area (Å²) in [5.41, 5.74) is 0.0105. The van der Waals surface area contributed by atoms with Crippen molar-refractivity contribution in [1.82, 2.24) is 10.6 Å². The number of amides is 2. The van der Waals surface area contributed by atoms with Gasteiger partial charge in [-0.2, -0.15) is 0 Å². The number of furan rings is 1. The van der Waals surface area contributed by atoms with Crippen LogP contribution in [-0.4, -0.2) is 18.4 Å². The lowest BCUT2D eigenvalue weighted by atomic mass is 9.91. The van der Waals surface area contributed by atoms with Crippen molar-refractivity contribution < 1.29 is 14.0 Å². The molecule has 0 atom stereocenters. The summed E-state index contributed by atoms with van der Waals surface area (Å²) in [4.78, 5) is 24.5. The van der Waals surface area contributed by atoms with Gasteiger partial charge >= 0.3 is 0 Å². The van der Waals surface area contributed by atoms with Crippen LogP contribution in [0.1, 0.15) is 25.2 Å². The van der Waals surface area contributed by atoms with Crippen molar-refractivity contribution >= 4 is 11.8 Å². The Hall–Kier alpha value is -2.56. The van der Waals surface area contributed by atoms with Gasteiger partial charge in [-0.1, -0.05) is 30.3 Å². The van der Waals surface area contributed by atoms with Crippen molar-refractivity contribution in [1.29, 1.82) is 0 Å². The molecule has 1 aromatic heterocycles. The summed E-state index contributed by atoms with van der Waals surface area (Å²) in [5, 5.41) is 5.54. The Morgan fingerprint density at radius 2 is 1.70 bits per heavy atom. The van der Waals surface area contributed by atoms with Crippen molar-refractivity contribution in [3.05, 3.63) is 60.1 Å². The second-order valence-electron chi connectivity index (χ2n) is 5.88. The van der Waals surface area contributed by atoms with E-state index < -0.39 is 5.41 Å². The van der Waals surface area contributed by atoms with Gasteiger partial charge in [0.2, 0.25) is 11.8 Å². The van der Waals surface area contributed by atoms with Crippen molar-refractivity contribution in [3.8, 4) is 0 Å². The summed E-state index contributed by atoms with van der Waals surface area (Å²) in [6.07, 6.45) is 2.28. The Morgan fingerprint density at radius 3 is 2.35 bits per heavy atom. The second kappa shape index (κ2) is 7.63. The molecular weight excluding hydrogens is 292 g/mol. The molecule has 0 saturated heterocycles. The molecule has 122 valence electrons. The standard InChI is InChI=1S/C18H22N2O3/c1-18(2,17(22)20-13-15-9-6-12-23-15)16(21)19-11-10-14-7-4-3-5-8-14/h3-9,12H,10-11,13H2,1-2H3,(H,19,21)(H,20,22). The van der Waals surface area contributed by atoms with Gasteiger partial charge in [0.15, 0.2) is 0 Å². The van der Waals surface area contributed by atoms with Crippen LogP contribution >= 0.6 is 0 Å². The third kappa shape index (κ3) is 4.71. The summed E-state index contributed by atoms with van der Waals surface area (Å²) < 4.78 is 5.16. The summed E-state index contributed by atoms with van der Waals surface area (Å²) >= 11 is 0. The van der Waals surface area contributed by atoms with Gasteiger partial charge in [-0.3, -0.25) is 9.59 Å². The number of carbonyl (C=O) groups excluding carboxylic acids is 2. The first-order valence-corrected chi connectivity index (χ1v) is 7.63. The number of carbonyl (C=O) groups is 2. The highest BCUT2D eigenvalue weighted by Crippen LogP contribution is 2.16. The van der Waals surface area contributed by atoms with E-state index in [-0.39, 0.29) is 18.4 Å². The Kier molecular flexibility index (Phi) is 5.57. The second-order valence-corrected chi connectivity index (χ2v) is 5.88. The van der Waals surface area contributed by atoms with Gasteiger partial charge in [0.05, 0.1) is 12.8 Å². The Balaban J connectivity index is 1.80. The van der Waals surface area contributed by atoms with Crippen molar-refractivity contribution in [3.63, 3.8) is 0 Å². The van der Waals surface area contributed by atoms with E-state index in [1.54, 1.807) is 32.2 Å². The molecule has 2 amide bonds. The molecule has 0 spiro atoms. The quantitative estimate of drug-likeness (QED) is 0.770. The molecule has 0 aliphatic heterocycles. The lowest BCUT2D eigenvalue weighted by Gasteiger charge is -2.22. The topological polar surface area (TPSA) is 71.3 Å². The zero-order chi connectivity index (χ0) is 16.7. The number of hydrogen-bond donors (Lipinski definition) is 2. The predicted octanol–water partition coefficient (Wildman–Crippen LogP) is 2.28. The van der Waals surface area contributed by atoms with E-state index >= 15 is 0 Å². The maximum atomic E-state index is 12.3. The fourth-order valence-electron chi connectivity index (χ4n) is 2.09. The summed E-state index contributed by atoms with van der Waals surface area (Å²) in [6.45, 7) is 3.99. The van der Waals surface area contributed by atoms with Crippen LogP contribution in [0, 0.1) is 5.41 Å². The van der Waals surface area contributed by atoms with Gasteiger partial charge in [-0.05, 0) is 38.0 Å². The normalized spacial score (nSPS) is 11.0. The molecule has 2 rings (SSSR count). The molecule has 0 fully saturated rings. The monoisotopic (exact) mass is 314 g/mol. The number of hydrogen-bond acceptors (Lipinski definition) is 3. The summed E-state index contributed by atoms with van der Waals surface area (Å²) in [6, 6.07) is 13.4. The molecule has 0 aliphatic carbocycles. The van der Waals surface area contributed by atoms with E-state index in [0.717, 1.165) is 12.0 Å². The predicted molar refractivity (Wildman–Crippen MR) is 87.5 cm³/mol. The van der Waals surface area contributed by atoms with Crippen LogP contribution in [0.25, 0.3) is 0 Å². The fraction of sp³-hybridized carbons (Fsp3) is 0.333. The first-order valence-electron chi connectivity index (χ1n) is 7.63. The van der Waals surface area contributed by atoms with Crippen LogP contribution in [0.4, 0.5) is 0 Å². The Labute approximate surface area is 136 Å². The van der Waals surface area contributed by atoms with Crippen LogP contribution in [0.15, 0.2) is 53.1 Å². The number of rotatable bonds is 7. The largest absolute Gasteiger partial charge is 0.467 e. The highest BCUT2D eigenvalue weighted by molar-refractivity contribution is 6.04. The molecule has 2 N–H and O–H groups in total. The van der Waals surface area contributed by atoms with Crippen LogP contribution in [-0.2, 0) is 22.6 Å². The molecular formula is C18H22N2O3. The zero-order valence-corrected chi connectivity index (χ0v) is 13.5. The Morgan fingerprint density at radius 1 is 1.00 bits per heavy atom. The fourth-order valence-corrected chi connectivity index (χ4v) is 2.09. The van der Waals surface area contributed by atoms with E-state index in [4.69, 9.17) is 4.42 Å². The van der Waals surface area contributed by atoms with E-state index in [0.29, 0.717) is 12.3 Å². The van der Waals surface area contributed by atoms with Crippen molar-refractivity contribution in [2.75, 3.05) is 6.54 Å². The molecule has 5 heteroatoms. The van der Waals surface area contributed by atoms with Gasteiger partial charge in [0.25, 0.3) is 0 Å². The first kappa shape index (κ1) is 16.8. The number of benzene rings is 1. The lowest BCUT2D eigenvalue weighted by molar-refractivity contribution is -0.141. The van der Waals surface area contributed by atoms with Crippen LogP contribution in [0.3, 0.4) is 0 Å². The minimum atomic E-state index is -1.14.